The molecule has 1 aromatic rings. The van der Waals surface area contributed by atoms with Crippen LogP contribution >= 0.6 is 0 Å². The van der Waals surface area contributed by atoms with Crippen molar-refractivity contribution >= 4 is 5.82 Å². The first-order chi connectivity index (χ1) is 8.15. The Balaban J connectivity index is 2.05. The van der Waals surface area contributed by atoms with Crippen LogP contribution < -0.4 is 11.1 Å². The van der Waals surface area contributed by atoms with Crippen LogP contribution in [0, 0.1) is 5.41 Å². The Kier molecular flexibility index (Phi) is 3.67. The van der Waals surface area contributed by atoms with E-state index in [4.69, 9.17) is 5.73 Å². The van der Waals surface area contributed by atoms with E-state index < -0.39 is 0 Å². The van der Waals surface area contributed by atoms with E-state index in [0.29, 0.717) is 17.3 Å². The lowest BCUT2D eigenvalue weighted by Crippen LogP contribution is -2.38. The SMILES string of the molecule is CCCNC(Cc1cccnc1N)C1(C)CC1. The molecule has 0 saturated heterocycles. The third-order valence-corrected chi connectivity index (χ3v) is 3.87. The fourth-order valence-corrected chi connectivity index (χ4v) is 2.27. The monoisotopic (exact) mass is 233 g/mol. The maximum absolute atomic E-state index is 5.92. The molecule has 94 valence electrons. The smallest absolute Gasteiger partial charge is 0.126 e. The first kappa shape index (κ1) is 12.4. The molecule has 1 aliphatic carbocycles. The molecule has 0 amide bonds. The van der Waals surface area contributed by atoms with E-state index in [-0.39, 0.29) is 0 Å². The standard InChI is InChI=1S/C14H23N3/c1-3-8-16-12(14(2)6-7-14)10-11-5-4-9-17-13(11)15/h4-5,9,12,16H,3,6-8,10H2,1-2H3,(H2,15,17). The van der Waals surface area contributed by atoms with Crippen LogP contribution in [0.4, 0.5) is 5.82 Å². The highest BCUT2D eigenvalue weighted by molar-refractivity contribution is 5.39. The third kappa shape index (κ3) is 2.97. The van der Waals surface area contributed by atoms with E-state index in [2.05, 4.69) is 30.2 Å². The number of aromatic nitrogens is 1. The zero-order valence-corrected chi connectivity index (χ0v) is 10.9. The van der Waals surface area contributed by atoms with E-state index in [0.717, 1.165) is 13.0 Å². The Morgan fingerprint density at radius 3 is 2.88 bits per heavy atom. The summed E-state index contributed by atoms with van der Waals surface area (Å²) in [6, 6.07) is 4.60. The Bertz CT molecular complexity index is 371. The minimum Gasteiger partial charge on any atom is -0.383 e. The van der Waals surface area contributed by atoms with Crippen molar-refractivity contribution in [2.24, 2.45) is 5.41 Å². The number of rotatable bonds is 6. The van der Waals surface area contributed by atoms with E-state index in [1.165, 1.54) is 24.8 Å². The van der Waals surface area contributed by atoms with Crippen LogP contribution in [0.15, 0.2) is 18.3 Å². The van der Waals surface area contributed by atoms with Gasteiger partial charge in [-0.3, -0.25) is 0 Å². The molecule has 0 bridgehead atoms. The van der Waals surface area contributed by atoms with Gasteiger partial charge >= 0.3 is 0 Å². The van der Waals surface area contributed by atoms with Gasteiger partial charge in [0.15, 0.2) is 0 Å². The molecule has 17 heavy (non-hydrogen) atoms. The maximum atomic E-state index is 5.92. The molecule has 1 heterocycles. The second-order valence-electron chi connectivity index (χ2n) is 5.41. The second-order valence-corrected chi connectivity index (χ2v) is 5.41. The molecule has 3 heteroatoms. The highest BCUT2D eigenvalue weighted by atomic mass is 14.9. The third-order valence-electron chi connectivity index (χ3n) is 3.87. The molecule has 3 nitrogen and oxygen atoms in total. The van der Waals surface area contributed by atoms with E-state index in [1.54, 1.807) is 6.20 Å². The van der Waals surface area contributed by atoms with Crippen molar-refractivity contribution in [2.75, 3.05) is 12.3 Å². The molecule has 1 fully saturated rings. The minimum atomic E-state index is 0.470. The number of pyridine rings is 1. The summed E-state index contributed by atoms with van der Waals surface area (Å²) in [5.74, 6) is 0.681. The second kappa shape index (κ2) is 5.05. The molecular weight excluding hydrogens is 210 g/mol. The number of anilines is 1. The summed E-state index contributed by atoms with van der Waals surface area (Å²) in [4.78, 5) is 4.16. The molecule has 2 rings (SSSR count). The summed E-state index contributed by atoms with van der Waals surface area (Å²) < 4.78 is 0. The predicted octanol–water partition coefficient (Wildman–Crippen LogP) is 2.37. The summed E-state index contributed by atoms with van der Waals surface area (Å²) in [5.41, 5.74) is 7.57. The fraction of sp³-hybridized carbons (Fsp3) is 0.643. The predicted molar refractivity (Wildman–Crippen MR) is 71.8 cm³/mol. The van der Waals surface area contributed by atoms with Crippen molar-refractivity contribution in [1.29, 1.82) is 0 Å². The number of nitrogens with one attached hydrogen (secondary N) is 1. The molecule has 3 N–H and O–H groups in total. The lowest BCUT2D eigenvalue weighted by Gasteiger charge is -2.25. The van der Waals surface area contributed by atoms with Crippen molar-refractivity contribution in [2.45, 2.75) is 45.6 Å². The van der Waals surface area contributed by atoms with Gasteiger partial charge in [0.1, 0.15) is 5.82 Å². The fourth-order valence-electron chi connectivity index (χ4n) is 2.27. The maximum Gasteiger partial charge on any atom is 0.126 e. The lowest BCUT2D eigenvalue weighted by atomic mass is 9.92. The summed E-state index contributed by atoms with van der Waals surface area (Å²) in [6.07, 6.45) is 6.58. The van der Waals surface area contributed by atoms with Crippen molar-refractivity contribution in [3.05, 3.63) is 23.9 Å². The van der Waals surface area contributed by atoms with Crippen molar-refractivity contribution in [3.63, 3.8) is 0 Å². The molecule has 1 aromatic heterocycles. The van der Waals surface area contributed by atoms with Crippen LogP contribution in [0.2, 0.25) is 0 Å². The molecule has 1 saturated carbocycles. The van der Waals surface area contributed by atoms with E-state index >= 15 is 0 Å². The number of nitrogens with two attached hydrogens (primary N) is 1. The minimum absolute atomic E-state index is 0.470. The number of hydrogen-bond donors (Lipinski definition) is 2. The van der Waals surface area contributed by atoms with Gasteiger partial charge in [0.05, 0.1) is 0 Å². The highest BCUT2D eigenvalue weighted by Gasteiger charge is 2.44. The van der Waals surface area contributed by atoms with Crippen LogP contribution in [-0.4, -0.2) is 17.6 Å². The quantitative estimate of drug-likeness (QED) is 0.793. The summed E-state index contributed by atoms with van der Waals surface area (Å²) in [6.45, 7) is 5.66. The van der Waals surface area contributed by atoms with Gasteiger partial charge in [0.2, 0.25) is 0 Å². The molecule has 1 aliphatic rings. The van der Waals surface area contributed by atoms with Crippen LogP contribution in [0.5, 0.6) is 0 Å². The van der Waals surface area contributed by atoms with Crippen LogP contribution in [0.3, 0.4) is 0 Å². The zero-order chi connectivity index (χ0) is 12.3. The summed E-state index contributed by atoms with van der Waals surface area (Å²) in [7, 11) is 0. The molecule has 1 atom stereocenters. The number of nitrogen functional groups attached to an aromatic ring is 1. The topological polar surface area (TPSA) is 50.9 Å². The van der Waals surface area contributed by atoms with Gasteiger partial charge in [-0.25, -0.2) is 4.98 Å². The number of hydrogen-bond acceptors (Lipinski definition) is 3. The Labute approximate surface area is 104 Å². The largest absolute Gasteiger partial charge is 0.383 e. The first-order valence-electron chi connectivity index (χ1n) is 6.58. The Morgan fingerprint density at radius 1 is 1.53 bits per heavy atom. The average molecular weight is 233 g/mol. The average Bonchev–Trinajstić information content (AvgIpc) is 3.06. The van der Waals surface area contributed by atoms with Gasteiger partial charge in [0.25, 0.3) is 0 Å². The highest BCUT2D eigenvalue weighted by Crippen LogP contribution is 2.49. The zero-order valence-electron chi connectivity index (χ0n) is 10.9. The first-order valence-corrected chi connectivity index (χ1v) is 6.58. The van der Waals surface area contributed by atoms with E-state index in [1.807, 2.05) is 6.07 Å². The van der Waals surface area contributed by atoms with Gasteiger partial charge in [-0.2, -0.15) is 0 Å². The van der Waals surface area contributed by atoms with E-state index in [9.17, 15) is 0 Å². The van der Waals surface area contributed by atoms with Crippen molar-refractivity contribution in [3.8, 4) is 0 Å². The lowest BCUT2D eigenvalue weighted by molar-refractivity contribution is 0.354. The Morgan fingerprint density at radius 2 is 2.29 bits per heavy atom. The van der Waals surface area contributed by atoms with Crippen LogP contribution in [0.25, 0.3) is 0 Å². The molecule has 0 aromatic carbocycles. The van der Waals surface area contributed by atoms with Crippen LogP contribution in [-0.2, 0) is 6.42 Å². The van der Waals surface area contributed by atoms with Gasteiger partial charge < -0.3 is 11.1 Å². The summed E-state index contributed by atoms with van der Waals surface area (Å²) in [5, 5.41) is 3.66. The van der Waals surface area contributed by atoms with Gasteiger partial charge in [-0.1, -0.05) is 19.9 Å². The molecule has 0 spiro atoms. The number of nitrogens with zero attached hydrogens (tertiary/aromatic N) is 1. The Hall–Kier alpha value is -1.09. The molecule has 0 radical (unpaired) electrons. The normalized spacial score (nSPS) is 18.9. The molecule has 0 aliphatic heterocycles. The van der Waals surface area contributed by atoms with Gasteiger partial charge in [-0.15, -0.1) is 0 Å². The summed E-state index contributed by atoms with van der Waals surface area (Å²) >= 11 is 0. The van der Waals surface area contributed by atoms with Crippen molar-refractivity contribution < 1.29 is 0 Å². The van der Waals surface area contributed by atoms with Crippen molar-refractivity contribution in [1.82, 2.24) is 10.3 Å². The molecule has 1 unspecified atom stereocenters. The van der Waals surface area contributed by atoms with Gasteiger partial charge in [-0.05, 0) is 49.3 Å². The molecular formula is C14H23N3. The van der Waals surface area contributed by atoms with Crippen LogP contribution in [0.1, 0.15) is 38.7 Å². The van der Waals surface area contributed by atoms with Gasteiger partial charge in [0, 0.05) is 12.2 Å².